The highest BCUT2D eigenvalue weighted by Crippen LogP contribution is 2.23. The minimum atomic E-state index is -0.942. The Hall–Kier alpha value is -1.69. The zero-order valence-electron chi connectivity index (χ0n) is 10.0. The molecule has 1 N–H and O–H groups in total. The molecular formula is C13H12BrNO4. The molecule has 0 saturated carbocycles. The molecule has 0 saturated heterocycles. The topological polar surface area (TPSA) is 74.7 Å². The van der Waals surface area contributed by atoms with Crippen molar-refractivity contribution in [2.75, 3.05) is 6.54 Å². The third-order valence-corrected chi connectivity index (χ3v) is 3.83. The Balaban J connectivity index is 1.99. The van der Waals surface area contributed by atoms with E-state index in [-0.39, 0.29) is 18.4 Å². The molecule has 5 nitrogen and oxygen atoms in total. The summed E-state index contributed by atoms with van der Waals surface area (Å²) in [6.45, 7) is 0.238. The summed E-state index contributed by atoms with van der Waals surface area (Å²) in [5, 5.41) is 8.73. The third kappa shape index (κ3) is 2.68. The molecule has 0 aliphatic carbocycles. The van der Waals surface area contributed by atoms with E-state index in [4.69, 9.17) is 5.11 Å². The minimum Gasteiger partial charge on any atom is -0.480 e. The van der Waals surface area contributed by atoms with Crippen LogP contribution in [0.4, 0.5) is 0 Å². The van der Waals surface area contributed by atoms with Crippen LogP contribution in [0, 0.1) is 0 Å². The van der Waals surface area contributed by atoms with Crippen molar-refractivity contribution < 1.29 is 19.5 Å². The van der Waals surface area contributed by atoms with Crippen molar-refractivity contribution in [2.45, 2.75) is 17.7 Å². The maximum Gasteiger partial charge on any atom is 0.317 e. The van der Waals surface area contributed by atoms with Gasteiger partial charge in [0.25, 0.3) is 11.8 Å². The van der Waals surface area contributed by atoms with Gasteiger partial charge in [0, 0.05) is 6.54 Å². The highest BCUT2D eigenvalue weighted by molar-refractivity contribution is 9.10. The Morgan fingerprint density at radius 1 is 1.21 bits per heavy atom. The summed E-state index contributed by atoms with van der Waals surface area (Å²) >= 11 is 3.02. The number of aliphatic carboxylic acids is 1. The molecule has 19 heavy (non-hydrogen) atoms. The second-order valence-electron chi connectivity index (χ2n) is 4.26. The molecule has 1 atom stereocenters. The molecule has 1 aliphatic heterocycles. The van der Waals surface area contributed by atoms with E-state index >= 15 is 0 Å². The maximum absolute atomic E-state index is 12.0. The van der Waals surface area contributed by atoms with Crippen molar-refractivity contribution in [2.24, 2.45) is 0 Å². The van der Waals surface area contributed by atoms with Gasteiger partial charge in [0.2, 0.25) is 0 Å². The molecule has 0 bridgehead atoms. The van der Waals surface area contributed by atoms with Gasteiger partial charge in [-0.1, -0.05) is 28.1 Å². The molecule has 0 fully saturated rings. The van der Waals surface area contributed by atoms with Gasteiger partial charge >= 0.3 is 5.97 Å². The number of hydrogen-bond donors (Lipinski definition) is 1. The van der Waals surface area contributed by atoms with E-state index in [1.54, 1.807) is 24.3 Å². The second kappa shape index (κ2) is 5.52. The molecule has 0 spiro atoms. The third-order valence-electron chi connectivity index (χ3n) is 2.99. The summed E-state index contributed by atoms with van der Waals surface area (Å²) in [7, 11) is 0. The lowest BCUT2D eigenvalue weighted by molar-refractivity contribution is -0.136. The van der Waals surface area contributed by atoms with Gasteiger partial charge in [0.15, 0.2) is 0 Å². The number of alkyl halides is 1. The van der Waals surface area contributed by atoms with Crippen LogP contribution in [0.2, 0.25) is 0 Å². The minimum absolute atomic E-state index is 0.238. The number of rotatable bonds is 5. The SMILES string of the molecule is O=C(O)[C@H](Br)CCCN1C(=O)c2ccccc2C1=O. The Labute approximate surface area is 118 Å². The summed E-state index contributed by atoms with van der Waals surface area (Å²) in [4.78, 5) is 35.1. The second-order valence-corrected chi connectivity index (χ2v) is 5.36. The van der Waals surface area contributed by atoms with Gasteiger partial charge in [-0.25, -0.2) is 0 Å². The van der Waals surface area contributed by atoms with Crippen LogP contribution in [0.25, 0.3) is 0 Å². The summed E-state index contributed by atoms with van der Waals surface area (Å²) in [6.07, 6.45) is 0.816. The number of carbonyl (C=O) groups is 3. The number of carboxylic acid groups (broad SMARTS) is 1. The fourth-order valence-electron chi connectivity index (χ4n) is 1.99. The van der Waals surface area contributed by atoms with Crippen molar-refractivity contribution in [3.8, 4) is 0 Å². The van der Waals surface area contributed by atoms with Gasteiger partial charge in [-0.05, 0) is 25.0 Å². The monoisotopic (exact) mass is 325 g/mol. The standard InChI is InChI=1S/C13H12BrNO4/c14-10(13(18)19)6-3-7-15-11(16)8-4-1-2-5-9(8)12(15)17/h1-2,4-5,10H,3,6-7H2,(H,18,19)/t10-/m1/s1. The number of hydrogen-bond acceptors (Lipinski definition) is 3. The highest BCUT2D eigenvalue weighted by Gasteiger charge is 2.34. The van der Waals surface area contributed by atoms with E-state index in [9.17, 15) is 14.4 Å². The number of halogens is 1. The predicted molar refractivity (Wildman–Crippen MR) is 71.4 cm³/mol. The lowest BCUT2D eigenvalue weighted by Crippen LogP contribution is -2.31. The Bertz CT molecular complexity index is 508. The molecule has 2 amide bonds. The van der Waals surface area contributed by atoms with Crippen LogP contribution in [-0.2, 0) is 4.79 Å². The average molecular weight is 326 g/mol. The zero-order chi connectivity index (χ0) is 14.0. The van der Waals surface area contributed by atoms with Crippen LogP contribution in [0.3, 0.4) is 0 Å². The summed E-state index contributed by atoms with van der Waals surface area (Å²) in [5.74, 6) is -1.55. The fourth-order valence-corrected chi connectivity index (χ4v) is 2.32. The number of amides is 2. The Morgan fingerprint density at radius 2 is 1.74 bits per heavy atom. The lowest BCUT2D eigenvalue weighted by atomic mass is 10.1. The van der Waals surface area contributed by atoms with Crippen molar-refractivity contribution in [3.63, 3.8) is 0 Å². The van der Waals surface area contributed by atoms with Crippen LogP contribution in [0.1, 0.15) is 33.6 Å². The number of fused-ring (bicyclic) bond motifs is 1. The van der Waals surface area contributed by atoms with E-state index in [1.807, 2.05) is 0 Å². The molecule has 0 unspecified atom stereocenters. The van der Waals surface area contributed by atoms with Crippen molar-refractivity contribution in [1.82, 2.24) is 4.90 Å². The van der Waals surface area contributed by atoms with Gasteiger partial charge in [0.1, 0.15) is 4.83 Å². The zero-order valence-corrected chi connectivity index (χ0v) is 11.6. The first-order chi connectivity index (χ1) is 9.02. The Morgan fingerprint density at radius 3 is 2.21 bits per heavy atom. The van der Waals surface area contributed by atoms with Crippen molar-refractivity contribution in [3.05, 3.63) is 35.4 Å². The summed E-state index contributed by atoms with van der Waals surface area (Å²) < 4.78 is 0. The number of carbonyl (C=O) groups excluding carboxylic acids is 2. The first-order valence-corrected chi connectivity index (χ1v) is 6.76. The molecular weight excluding hydrogens is 314 g/mol. The highest BCUT2D eigenvalue weighted by atomic mass is 79.9. The number of benzene rings is 1. The molecule has 0 aromatic heterocycles. The first kappa shape index (κ1) is 13.7. The largest absolute Gasteiger partial charge is 0.480 e. The van der Waals surface area contributed by atoms with Gasteiger partial charge < -0.3 is 5.11 Å². The quantitative estimate of drug-likeness (QED) is 0.662. The van der Waals surface area contributed by atoms with Gasteiger partial charge in [-0.2, -0.15) is 0 Å². The smallest absolute Gasteiger partial charge is 0.317 e. The molecule has 2 rings (SSSR count). The van der Waals surface area contributed by atoms with E-state index in [0.717, 1.165) is 0 Å². The number of imide groups is 1. The van der Waals surface area contributed by atoms with Crippen LogP contribution in [0.5, 0.6) is 0 Å². The Kier molecular flexibility index (Phi) is 3.99. The molecule has 1 heterocycles. The van der Waals surface area contributed by atoms with E-state index in [2.05, 4.69) is 15.9 Å². The molecule has 1 aromatic carbocycles. The van der Waals surface area contributed by atoms with E-state index < -0.39 is 10.8 Å². The van der Waals surface area contributed by atoms with Crippen LogP contribution in [0.15, 0.2) is 24.3 Å². The molecule has 100 valence electrons. The molecule has 1 aliphatic rings. The van der Waals surface area contributed by atoms with E-state index in [1.165, 1.54) is 4.90 Å². The summed E-state index contributed by atoms with van der Waals surface area (Å²) in [5.41, 5.74) is 0.835. The molecule has 0 radical (unpaired) electrons. The van der Waals surface area contributed by atoms with Crippen molar-refractivity contribution in [1.29, 1.82) is 0 Å². The van der Waals surface area contributed by atoms with Crippen LogP contribution >= 0.6 is 15.9 Å². The van der Waals surface area contributed by atoms with Gasteiger partial charge in [-0.3, -0.25) is 19.3 Å². The fraction of sp³-hybridized carbons (Fsp3) is 0.308. The molecule has 1 aromatic rings. The van der Waals surface area contributed by atoms with Crippen molar-refractivity contribution >= 4 is 33.7 Å². The number of carboxylic acids is 1. The van der Waals surface area contributed by atoms with Crippen LogP contribution < -0.4 is 0 Å². The molecule has 6 heteroatoms. The normalized spacial score (nSPS) is 15.5. The maximum atomic E-state index is 12.0. The van der Waals surface area contributed by atoms with E-state index in [0.29, 0.717) is 24.0 Å². The first-order valence-electron chi connectivity index (χ1n) is 5.84. The number of nitrogens with zero attached hydrogens (tertiary/aromatic N) is 1. The van der Waals surface area contributed by atoms with Gasteiger partial charge in [-0.15, -0.1) is 0 Å². The summed E-state index contributed by atoms with van der Waals surface area (Å²) in [6, 6.07) is 6.68. The van der Waals surface area contributed by atoms with Gasteiger partial charge in [0.05, 0.1) is 11.1 Å². The van der Waals surface area contributed by atoms with Crippen LogP contribution in [-0.4, -0.2) is 39.2 Å². The lowest BCUT2D eigenvalue weighted by Gasteiger charge is -2.14. The predicted octanol–water partition coefficient (Wildman–Crippen LogP) is 1.91. The average Bonchev–Trinajstić information content (AvgIpc) is 2.64.